The predicted octanol–water partition coefficient (Wildman–Crippen LogP) is 6.05. The number of anilines is 1. The molecule has 4 aliphatic rings. The highest BCUT2D eigenvalue weighted by molar-refractivity contribution is 7.14. The number of carbonyl (C=O) groups excluding carboxylic acids is 1. The molecule has 4 bridgehead atoms. The van der Waals surface area contributed by atoms with E-state index in [2.05, 4.69) is 50.4 Å². The van der Waals surface area contributed by atoms with Gasteiger partial charge in [-0.1, -0.05) is 43.7 Å². The summed E-state index contributed by atoms with van der Waals surface area (Å²) in [5.74, 6) is 0.940. The van der Waals surface area contributed by atoms with Gasteiger partial charge in [-0.15, -0.1) is 11.3 Å². The monoisotopic (exact) mass is 380 g/mol. The van der Waals surface area contributed by atoms with E-state index in [0.29, 0.717) is 10.8 Å². The second-order valence-corrected chi connectivity index (χ2v) is 11.1. The molecule has 1 aromatic heterocycles. The van der Waals surface area contributed by atoms with Crippen LogP contribution in [0.2, 0.25) is 0 Å². The van der Waals surface area contributed by atoms with Gasteiger partial charge in [-0.3, -0.25) is 4.79 Å². The van der Waals surface area contributed by atoms with Crippen LogP contribution in [0, 0.1) is 29.1 Å². The third-order valence-electron chi connectivity index (χ3n) is 7.18. The van der Waals surface area contributed by atoms with E-state index >= 15 is 0 Å². The number of hydrogen-bond donors (Lipinski definition) is 1. The van der Waals surface area contributed by atoms with E-state index < -0.39 is 0 Å². The Morgan fingerprint density at radius 3 is 2.37 bits per heavy atom. The Kier molecular flexibility index (Phi) is 3.65. The third-order valence-corrected chi connectivity index (χ3v) is 7.94. The predicted molar refractivity (Wildman–Crippen MR) is 111 cm³/mol. The molecule has 0 spiro atoms. The van der Waals surface area contributed by atoms with Gasteiger partial charge in [-0.25, -0.2) is 4.98 Å². The van der Waals surface area contributed by atoms with Gasteiger partial charge in [0.25, 0.3) is 0 Å². The zero-order valence-corrected chi connectivity index (χ0v) is 17.3. The van der Waals surface area contributed by atoms with E-state index in [1.807, 2.05) is 5.38 Å². The number of carbonyl (C=O) groups is 1. The van der Waals surface area contributed by atoms with Gasteiger partial charge >= 0.3 is 0 Å². The van der Waals surface area contributed by atoms with Gasteiger partial charge in [0.1, 0.15) is 0 Å². The lowest BCUT2D eigenvalue weighted by Gasteiger charge is -2.64. The van der Waals surface area contributed by atoms with Gasteiger partial charge in [-0.2, -0.15) is 0 Å². The lowest BCUT2D eigenvalue weighted by atomic mass is 9.40. The highest BCUT2D eigenvalue weighted by Gasteiger charge is 2.62. The molecule has 0 radical (unpaired) electrons. The number of nitrogens with zero attached hydrogens (tertiary/aromatic N) is 1. The van der Waals surface area contributed by atoms with Crippen molar-refractivity contribution in [3.05, 3.63) is 35.2 Å². The van der Waals surface area contributed by atoms with Crippen molar-refractivity contribution in [1.29, 1.82) is 0 Å². The average Bonchev–Trinajstić information content (AvgIpc) is 3.00. The summed E-state index contributed by atoms with van der Waals surface area (Å²) in [5.41, 5.74) is 3.81. The summed E-state index contributed by atoms with van der Waals surface area (Å²) in [6.07, 6.45) is 7.09. The molecule has 0 aliphatic heterocycles. The van der Waals surface area contributed by atoms with Crippen molar-refractivity contribution in [3.8, 4) is 11.3 Å². The minimum Gasteiger partial charge on any atom is -0.301 e. The summed E-state index contributed by atoms with van der Waals surface area (Å²) in [5, 5.41) is 5.99. The minimum absolute atomic E-state index is 0.182. The summed E-state index contributed by atoms with van der Waals surface area (Å²) >= 11 is 1.54. The van der Waals surface area contributed by atoms with E-state index in [1.165, 1.54) is 36.2 Å². The highest BCUT2D eigenvalue weighted by atomic mass is 32.1. The maximum Gasteiger partial charge on any atom is 0.232 e. The molecular formula is C23H28N2OS. The van der Waals surface area contributed by atoms with E-state index in [1.54, 1.807) is 0 Å². The van der Waals surface area contributed by atoms with Crippen molar-refractivity contribution in [1.82, 2.24) is 4.98 Å². The molecule has 6 rings (SSSR count). The Bertz CT molecular complexity index is 881. The largest absolute Gasteiger partial charge is 0.301 e. The Morgan fingerprint density at radius 2 is 1.74 bits per heavy atom. The number of rotatable bonds is 3. The van der Waals surface area contributed by atoms with Crippen molar-refractivity contribution in [2.24, 2.45) is 22.2 Å². The first kappa shape index (κ1) is 17.4. The standard InChI is InChI=1S/C23H28N2OS/c1-15-4-6-17(7-5-15)18-11-27-20(24-18)25-19(26)23-10-16-8-21(2,13-23)12-22(3,9-16)14-23/h4-7,11,16H,8-10,12-14H2,1-3H3,(H,24,25,26)/t16?,21-,22-,23?/m1/s1. The van der Waals surface area contributed by atoms with Crippen molar-refractivity contribution in [3.63, 3.8) is 0 Å². The van der Waals surface area contributed by atoms with Crippen molar-refractivity contribution in [2.45, 2.75) is 59.3 Å². The van der Waals surface area contributed by atoms with Crippen LogP contribution in [0.4, 0.5) is 5.13 Å². The molecule has 1 N–H and O–H groups in total. The normalized spacial score (nSPS) is 36.8. The van der Waals surface area contributed by atoms with E-state index in [9.17, 15) is 4.79 Å². The smallest absolute Gasteiger partial charge is 0.232 e. The fourth-order valence-electron chi connectivity index (χ4n) is 7.12. The van der Waals surface area contributed by atoms with Crippen LogP contribution in [-0.4, -0.2) is 10.9 Å². The minimum atomic E-state index is -0.182. The summed E-state index contributed by atoms with van der Waals surface area (Å²) in [7, 11) is 0. The van der Waals surface area contributed by atoms with Crippen LogP contribution in [0.3, 0.4) is 0 Å². The fourth-order valence-corrected chi connectivity index (χ4v) is 7.83. The molecule has 0 saturated heterocycles. The maximum atomic E-state index is 13.4. The number of amides is 1. The molecule has 4 heteroatoms. The van der Waals surface area contributed by atoms with Gasteiger partial charge in [0.2, 0.25) is 5.91 Å². The summed E-state index contributed by atoms with van der Waals surface area (Å²) in [6.45, 7) is 6.91. The molecule has 27 heavy (non-hydrogen) atoms. The van der Waals surface area contributed by atoms with Gasteiger partial charge in [-0.05, 0) is 62.2 Å². The number of thiazole rings is 1. The first-order valence-corrected chi connectivity index (χ1v) is 11.0. The Balaban J connectivity index is 1.37. The molecule has 4 saturated carbocycles. The van der Waals surface area contributed by atoms with Gasteiger partial charge in [0.05, 0.1) is 11.1 Å². The van der Waals surface area contributed by atoms with E-state index in [-0.39, 0.29) is 11.3 Å². The highest BCUT2D eigenvalue weighted by Crippen LogP contribution is 2.69. The van der Waals surface area contributed by atoms with Gasteiger partial charge in [0.15, 0.2) is 5.13 Å². The first-order valence-electron chi connectivity index (χ1n) is 10.1. The third kappa shape index (κ3) is 2.93. The second kappa shape index (κ2) is 5.66. The molecule has 142 valence electrons. The maximum absolute atomic E-state index is 13.4. The van der Waals surface area contributed by atoms with Crippen LogP contribution in [-0.2, 0) is 4.79 Å². The topological polar surface area (TPSA) is 42.0 Å². The second-order valence-electron chi connectivity index (χ2n) is 10.3. The molecule has 3 nitrogen and oxygen atoms in total. The van der Waals surface area contributed by atoms with Crippen LogP contribution >= 0.6 is 11.3 Å². The molecule has 0 unspecified atom stereocenters. The first-order chi connectivity index (χ1) is 12.8. The Morgan fingerprint density at radius 1 is 1.07 bits per heavy atom. The number of aromatic nitrogens is 1. The number of benzene rings is 1. The average molecular weight is 381 g/mol. The number of aryl methyl sites for hydroxylation is 1. The SMILES string of the molecule is Cc1ccc(-c2csc(NC(=O)C34CC5C[C@@](C)(C3)C[C@@](C)(C5)C4)n2)cc1. The Hall–Kier alpha value is -1.68. The summed E-state index contributed by atoms with van der Waals surface area (Å²) in [4.78, 5) is 18.1. The Labute approximate surface area is 165 Å². The van der Waals surface area contributed by atoms with Crippen LogP contribution < -0.4 is 5.32 Å². The van der Waals surface area contributed by atoms with Crippen LogP contribution in [0.15, 0.2) is 29.6 Å². The molecule has 4 aliphatic carbocycles. The molecule has 4 fully saturated rings. The quantitative estimate of drug-likeness (QED) is 0.704. The summed E-state index contributed by atoms with van der Waals surface area (Å²) in [6, 6.07) is 8.39. The lowest BCUT2D eigenvalue weighted by molar-refractivity contribution is -0.165. The van der Waals surface area contributed by atoms with Gasteiger partial charge < -0.3 is 5.32 Å². The van der Waals surface area contributed by atoms with Crippen molar-refractivity contribution in [2.75, 3.05) is 5.32 Å². The van der Waals surface area contributed by atoms with Crippen molar-refractivity contribution >= 4 is 22.4 Å². The van der Waals surface area contributed by atoms with Gasteiger partial charge in [0, 0.05) is 10.9 Å². The fraction of sp³-hybridized carbons (Fsp3) is 0.565. The molecule has 2 atom stereocenters. The molecule has 1 heterocycles. The zero-order chi connectivity index (χ0) is 18.9. The zero-order valence-electron chi connectivity index (χ0n) is 16.5. The number of nitrogens with one attached hydrogen (secondary N) is 1. The molecule has 2 aromatic rings. The van der Waals surface area contributed by atoms with E-state index in [0.717, 1.165) is 41.6 Å². The molecular weight excluding hydrogens is 352 g/mol. The molecule has 1 amide bonds. The van der Waals surface area contributed by atoms with Crippen LogP contribution in [0.1, 0.15) is 57.9 Å². The van der Waals surface area contributed by atoms with Crippen molar-refractivity contribution < 1.29 is 4.79 Å². The molecule has 1 aromatic carbocycles. The number of hydrogen-bond acceptors (Lipinski definition) is 3. The summed E-state index contributed by atoms with van der Waals surface area (Å²) < 4.78 is 0. The van der Waals surface area contributed by atoms with E-state index in [4.69, 9.17) is 4.98 Å². The van der Waals surface area contributed by atoms with Crippen LogP contribution in [0.25, 0.3) is 11.3 Å². The van der Waals surface area contributed by atoms with Crippen LogP contribution in [0.5, 0.6) is 0 Å². The lowest BCUT2D eigenvalue weighted by Crippen LogP contribution is -2.58.